The van der Waals surface area contributed by atoms with E-state index < -0.39 is 0 Å². The van der Waals surface area contributed by atoms with Crippen LogP contribution >= 0.6 is 12.4 Å². The summed E-state index contributed by atoms with van der Waals surface area (Å²) in [5, 5.41) is 7.41. The van der Waals surface area contributed by atoms with Crippen molar-refractivity contribution in [3.05, 3.63) is 0 Å². The molecule has 0 spiro atoms. The highest BCUT2D eigenvalue weighted by Crippen LogP contribution is 2.31. The van der Waals surface area contributed by atoms with Gasteiger partial charge in [0, 0.05) is 5.41 Å². The van der Waals surface area contributed by atoms with E-state index in [0.29, 0.717) is 11.8 Å². The Balaban J connectivity index is 0. The molecule has 0 rings (SSSR count). The Kier molecular flexibility index (Phi) is 6.45. The number of hydrogen-bond donors (Lipinski definition) is 2. The summed E-state index contributed by atoms with van der Waals surface area (Å²) in [6.07, 6.45) is 2.20. The molecule has 3 heteroatoms. The highest BCUT2D eigenvalue weighted by atomic mass is 35.5. The molecule has 0 aliphatic rings. The van der Waals surface area contributed by atoms with Crippen molar-refractivity contribution in [3.63, 3.8) is 0 Å². The molecule has 12 heavy (non-hydrogen) atoms. The third-order valence-electron chi connectivity index (χ3n) is 2.70. The molecule has 74 valence electrons. The van der Waals surface area contributed by atoms with Gasteiger partial charge in [0.1, 0.15) is 0 Å². The lowest BCUT2D eigenvalue weighted by atomic mass is 9.75. The zero-order valence-corrected chi connectivity index (χ0v) is 9.29. The third-order valence-corrected chi connectivity index (χ3v) is 2.70. The summed E-state index contributed by atoms with van der Waals surface area (Å²) in [4.78, 5) is 0. The predicted molar refractivity (Wildman–Crippen MR) is 57.0 cm³/mol. The minimum Gasteiger partial charge on any atom is -0.387 e. The Bertz CT molecular complexity index is 139. The van der Waals surface area contributed by atoms with E-state index in [9.17, 15) is 0 Å². The molecule has 0 saturated heterocycles. The maximum absolute atomic E-state index is 7.41. The fraction of sp³-hybridized carbons (Fsp3) is 0.889. The van der Waals surface area contributed by atoms with Crippen LogP contribution in [0.5, 0.6) is 0 Å². The van der Waals surface area contributed by atoms with Gasteiger partial charge in [-0.1, -0.05) is 40.5 Å². The molecule has 0 unspecified atom stereocenters. The first-order valence-electron chi connectivity index (χ1n) is 4.31. The van der Waals surface area contributed by atoms with Crippen LogP contribution in [-0.4, -0.2) is 5.84 Å². The molecule has 3 N–H and O–H groups in total. The van der Waals surface area contributed by atoms with Crippen molar-refractivity contribution in [2.45, 2.75) is 40.5 Å². The van der Waals surface area contributed by atoms with E-state index in [1.807, 2.05) is 13.8 Å². The average molecular weight is 193 g/mol. The normalized spacial score (nSPS) is 11.1. The molecule has 0 bridgehead atoms. The lowest BCUT2D eigenvalue weighted by Gasteiger charge is -2.31. The molecule has 0 aromatic rings. The van der Waals surface area contributed by atoms with Crippen LogP contribution in [0.15, 0.2) is 0 Å². The van der Waals surface area contributed by atoms with Crippen molar-refractivity contribution in [2.24, 2.45) is 17.1 Å². The van der Waals surface area contributed by atoms with Crippen LogP contribution in [0, 0.1) is 16.7 Å². The van der Waals surface area contributed by atoms with Gasteiger partial charge < -0.3 is 5.73 Å². The standard InChI is InChI=1S/C9H20N2.ClH/c1-5-7(6-2)9(3,4)8(10)11;/h7H,5-6H2,1-4H3,(H3,10,11);1H. The Labute approximate surface area is 81.8 Å². The highest BCUT2D eigenvalue weighted by molar-refractivity contribution is 5.85. The van der Waals surface area contributed by atoms with Crippen molar-refractivity contribution in [3.8, 4) is 0 Å². The smallest absolute Gasteiger partial charge is 0.0965 e. The first kappa shape index (κ1) is 14.3. The number of amidine groups is 1. The highest BCUT2D eigenvalue weighted by Gasteiger charge is 2.29. The fourth-order valence-electron chi connectivity index (χ4n) is 1.53. The Morgan fingerprint density at radius 2 is 1.67 bits per heavy atom. The largest absolute Gasteiger partial charge is 0.387 e. The maximum atomic E-state index is 7.41. The van der Waals surface area contributed by atoms with Gasteiger partial charge in [-0.2, -0.15) is 0 Å². The molecule has 0 radical (unpaired) electrons. The molecule has 0 saturated carbocycles. The van der Waals surface area contributed by atoms with Gasteiger partial charge in [-0.3, -0.25) is 5.41 Å². The molecule has 0 aromatic carbocycles. The predicted octanol–water partition coefficient (Wildman–Crippen LogP) is 2.81. The molecule has 0 aromatic heterocycles. The van der Waals surface area contributed by atoms with Gasteiger partial charge in [0.15, 0.2) is 0 Å². The summed E-state index contributed by atoms with van der Waals surface area (Å²) in [6.45, 7) is 8.40. The van der Waals surface area contributed by atoms with E-state index in [-0.39, 0.29) is 17.8 Å². The second-order valence-corrected chi connectivity index (χ2v) is 3.65. The topological polar surface area (TPSA) is 49.9 Å². The van der Waals surface area contributed by atoms with Gasteiger partial charge in [0.05, 0.1) is 5.84 Å². The summed E-state index contributed by atoms with van der Waals surface area (Å²) < 4.78 is 0. The molecule has 0 aliphatic heterocycles. The van der Waals surface area contributed by atoms with E-state index in [2.05, 4.69) is 13.8 Å². The van der Waals surface area contributed by atoms with Gasteiger partial charge in [-0.05, 0) is 5.92 Å². The first-order valence-corrected chi connectivity index (χ1v) is 4.31. The monoisotopic (exact) mass is 192 g/mol. The van der Waals surface area contributed by atoms with Crippen LogP contribution < -0.4 is 5.73 Å². The minimum atomic E-state index is -0.122. The van der Waals surface area contributed by atoms with E-state index in [0.717, 1.165) is 12.8 Å². The molecule has 0 heterocycles. The van der Waals surface area contributed by atoms with Crippen molar-refractivity contribution in [1.29, 1.82) is 5.41 Å². The van der Waals surface area contributed by atoms with Crippen LogP contribution in [-0.2, 0) is 0 Å². The van der Waals surface area contributed by atoms with E-state index in [1.54, 1.807) is 0 Å². The lowest BCUT2D eigenvalue weighted by Crippen LogP contribution is -2.37. The van der Waals surface area contributed by atoms with E-state index >= 15 is 0 Å². The number of nitrogens with two attached hydrogens (primary N) is 1. The minimum absolute atomic E-state index is 0. The molecule has 0 fully saturated rings. The molecule has 0 atom stereocenters. The summed E-state index contributed by atoms with van der Waals surface area (Å²) in [5.41, 5.74) is 5.38. The van der Waals surface area contributed by atoms with Crippen LogP contribution in [0.3, 0.4) is 0 Å². The molecular formula is C9H21ClN2. The number of hydrogen-bond acceptors (Lipinski definition) is 1. The molecular weight excluding hydrogens is 172 g/mol. The Morgan fingerprint density at radius 3 is 1.75 bits per heavy atom. The molecule has 2 nitrogen and oxygen atoms in total. The van der Waals surface area contributed by atoms with Gasteiger partial charge in [0.2, 0.25) is 0 Å². The summed E-state index contributed by atoms with van der Waals surface area (Å²) >= 11 is 0. The van der Waals surface area contributed by atoms with Gasteiger partial charge in [0.25, 0.3) is 0 Å². The van der Waals surface area contributed by atoms with Gasteiger partial charge in [-0.25, -0.2) is 0 Å². The van der Waals surface area contributed by atoms with Crippen LogP contribution in [0.1, 0.15) is 40.5 Å². The number of nitrogens with one attached hydrogen (secondary N) is 1. The summed E-state index contributed by atoms with van der Waals surface area (Å²) in [7, 11) is 0. The Hall–Kier alpha value is -0.240. The zero-order valence-electron chi connectivity index (χ0n) is 8.48. The van der Waals surface area contributed by atoms with Crippen molar-refractivity contribution >= 4 is 18.2 Å². The molecule has 0 amide bonds. The molecule has 0 aliphatic carbocycles. The van der Waals surface area contributed by atoms with Crippen LogP contribution in [0.4, 0.5) is 0 Å². The van der Waals surface area contributed by atoms with Crippen molar-refractivity contribution < 1.29 is 0 Å². The van der Waals surface area contributed by atoms with E-state index in [1.165, 1.54) is 0 Å². The Morgan fingerprint density at radius 1 is 1.33 bits per heavy atom. The quantitative estimate of drug-likeness (QED) is 0.523. The van der Waals surface area contributed by atoms with Crippen LogP contribution in [0.25, 0.3) is 0 Å². The number of rotatable bonds is 4. The van der Waals surface area contributed by atoms with Gasteiger partial charge >= 0.3 is 0 Å². The second-order valence-electron chi connectivity index (χ2n) is 3.65. The zero-order chi connectivity index (χ0) is 9.07. The number of halogens is 1. The van der Waals surface area contributed by atoms with Gasteiger partial charge in [-0.15, -0.1) is 12.4 Å². The summed E-state index contributed by atoms with van der Waals surface area (Å²) in [5.74, 6) is 0.853. The van der Waals surface area contributed by atoms with Crippen molar-refractivity contribution in [1.82, 2.24) is 0 Å². The van der Waals surface area contributed by atoms with Crippen LogP contribution in [0.2, 0.25) is 0 Å². The maximum Gasteiger partial charge on any atom is 0.0965 e. The third kappa shape index (κ3) is 3.02. The first-order chi connectivity index (χ1) is 4.96. The summed E-state index contributed by atoms with van der Waals surface area (Å²) in [6, 6.07) is 0. The second kappa shape index (κ2) is 5.41. The average Bonchev–Trinajstić information content (AvgIpc) is 1.89. The van der Waals surface area contributed by atoms with E-state index in [4.69, 9.17) is 11.1 Å². The SMILES string of the molecule is CCC(CC)C(C)(C)C(=N)N.Cl. The lowest BCUT2D eigenvalue weighted by molar-refractivity contribution is 0.288. The van der Waals surface area contributed by atoms with Crippen molar-refractivity contribution in [2.75, 3.05) is 0 Å². The fourth-order valence-corrected chi connectivity index (χ4v) is 1.53.